The minimum atomic E-state index is -0.249. The molecule has 0 spiro atoms. The summed E-state index contributed by atoms with van der Waals surface area (Å²) in [6.45, 7) is 2.58. The second-order valence-electron chi connectivity index (χ2n) is 4.62. The fourth-order valence-corrected chi connectivity index (χ4v) is 2.01. The predicted molar refractivity (Wildman–Crippen MR) is 72.1 cm³/mol. The Morgan fingerprint density at radius 1 is 1.25 bits per heavy atom. The number of hydrogen-bond acceptors (Lipinski definition) is 4. The highest BCUT2D eigenvalue weighted by Gasteiger charge is 2.21. The lowest BCUT2D eigenvalue weighted by molar-refractivity contribution is 0.0772. The summed E-state index contributed by atoms with van der Waals surface area (Å²) in [6.07, 6.45) is -0.204. The van der Waals surface area contributed by atoms with E-state index in [1.807, 2.05) is 24.3 Å². The van der Waals surface area contributed by atoms with Crippen LogP contribution in [-0.4, -0.2) is 25.2 Å². The third-order valence-corrected chi connectivity index (χ3v) is 3.02. The summed E-state index contributed by atoms with van der Waals surface area (Å²) >= 11 is 0. The van der Waals surface area contributed by atoms with Crippen LogP contribution in [0.2, 0.25) is 0 Å². The molecular formula is C15H15NO4. The standard InChI is InChI=1S/C15H15NO4/c1-10-6-7-14(19-10)15(17)16-8-11-9-18-12-4-2-3-5-13(12)20-11/h2-7,11H,8-9H2,1H3,(H,16,17)/t11-/m1/s1. The van der Waals surface area contributed by atoms with Crippen molar-refractivity contribution in [3.05, 3.63) is 47.9 Å². The van der Waals surface area contributed by atoms with Gasteiger partial charge in [-0.15, -0.1) is 0 Å². The van der Waals surface area contributed by atoms with Gasteiger partial charge in [0.1, 0.15) is 18.5 Å². The highest BCUT2D eigenvalue weighted by Crippen LogP contribution is 2.30. The highest BCUT2D eigenvalue weighted by molar-refractivity contribution is 5.91. The Labute approximate surface area is 116 Å². The molecule has 0 fully saturated rings. The SMILES string of the molecule is Cc1ccc(C(=O)NC[C@@H]2COc3ccccc3O2)o1. The van der Waals surface area contributed by atoms with Gasteiger partial charge in [-0.05, 0) is 31.2 Å². The van der Waals surface area contributed by atoms with Gasteiger partial charge in [0.2, 0.25) is 0 Å². The Hall–Kier alpha value is -2.43. The molecule has 1 aromatic carbocycles. The summed E-state index contributed by atoms with van der Waals surface area (Å²) < 4.78 is 16.6. The minimum absolute atomic E-state index is 0.204. The van der Waals surface area contributed by atoms with Gasteiger partial charge in [0.25, 0.3) is 5.91 Å². The summed E-state index contributed by atoms with van der Waals surface area (Å²) in [6, 6.07) is 10.9. The Morgan fingerprint density at radius 2 is 2.05 bits per heavy atom. The molecule has 0 saturated heterocycles. The Kier molecular flexibility index (Phi) is 3.33. The van der Waals surface area contributed by atoms with E-state index in [-0.39, 0.29) is 12.0 Å². The third kappa shape index (κ3) is 2.61. The molecule has 3 rings (SSSR count). The summed E-state index contributed by atoms with van der Waals surface area (Å²) in [5.74, 6) is 2.20. The van der Waals surface area contributed by atoms with E-state index in [9.17, 15) is 4.79 Å². The van der Waals surface area contributed by atoms with Gasteiger partial charge >= 0.3 is 0 Å². The molecule has 5 heteroatoms. The number of fused-ring (bicyclic) bond motifs is 1. The van der Waals surface area contributed by atoms with E-state index < -0.39 is 0 Å². The molecule has 1 aromatic heterocycles. The number of hydrogen-bond donors (Lipinski definition) is 1. The van der Waals surface area contributed by atoms with E-state index in [2.05, 4.69) is 5.32 Å². The molecule has 104 valence electrons. The van der Waals surface area contributed by atoms with Crippen LogP contribution < -0.4 is 14.8 Å². The maximum atomic E-state index is 11.8. The molecule has 2 aromatic rings. The van der Waals surface area contributed by atoms with E-state index in [1.165, 1.54) is 0 Å². The monoisotopic (exact) mass is 273 g/mol. The van der Waals surface area contributed by atoms with Crippen LogP contribution in [0.15, 0.2) is 40.8 Å². The topological polar surface area (TPSA) is 60.7 Å². The Bertz CT molecular complexity index is 620. The van der Waals surface area contributed by atoms with Gasteiger partial charge in [-0.3, -0.25) is 4.79 Å². The van der Waals surface area contributed by atoms with Gasteiger partial charge in [0.15, 0.2) is 17.3 Å². The van der Waals surface area contributed by atoms with Crippen LogP contribution in [0.3, 0.4) is 0 Å². The highest BCUT2D eigenvalue weighted by atomic mass is 16.6. The predicted octanol–water partition coefficient (Wildman–Crippen LogP) is 2.16. The first-order valence-electron chi connectivity index (χ1n) is 6.45. The largest absolute Gasteiger partial charge is 0.486 e. The molecule has 1 aliphatic rings. The quantitative estimate of drug-likeness (QED) is 0.931. The smallest absolute Gasteiger partial charge is 0.287 e. The van der Waals surface area contributed by atoms with Crippen molar-refractivity contribution in [1.29, 1.82) is 0 Å². The number of para-hydroxylation sites is 2. The zero-order valence-corrected chi connectivity index (χ0v) is 11.1. The van der Waals surface area contributed by atoms with Crippen molar-refractivity contribution in [2.75, 3.05) is 13.2 Å². The number of furan rings is 1. The van der Waals surface area contributed by atoms with Gasteiger partial charge in [-0.25, -0.2) is 0 Å². The number of carbonyl (C=O) groups excluding carboxylic acids is 1. The molecule has 0 unspecified atom stereocenters. The molecule has 0 radical (unpaired) electrons. The van der Waals surface area contributed by atoms with E-state index in [0.29, 0.717) is 30.4 Å². The van der Waals surface area contributed by atoms with Crippen LogP contribution in [0.1, 0.15) is 16.3 Å². The van der Waals surface area contributed by atoms with Crippen molar-refractivity contribution in [3.8, 4) is 11.5 Å². The van der Waals surface area contributed by atoms with Crippen LogP contribution in [0, 0.1) is 6.92 Å². The second kappa shape index (κ2) is 5.28. The van der Waals surface area contributed by atoms with Crippen LogP contribution >= 0.6 is 0 Å². The van der Waals surface area contributed by atoms with Crippen molar-refractivity contribution in [2.45, 2.75) is 13.0 Å². The number of aryl methyl sites for hydroxylation is 1. The number of nitrogens with one attached hydrogen (secondary N) is 1. The van der Waals surface area contributed by atoms with Gasteiger partial charge < -0.3 is 19.2 Å². The second-order valence-corrected chi connectivity index (χ2v) is 4.62. The average Bonchev–Trinajstić information content (AvgIpc) is 2.91. The summed E-state index contributed by atoms with van der Waals surface area (Å²) in [5, 5.41) is 2.78. The zero-order chi connectivity index (χ0) is 13.9. The molecule has 1 atom stereocenters. The minimum Gasteiger partial charge on any atom is -0.486 e. The first-order valence-corrected chi connectivity index (χ1v) is 6.45. The first kappa shape index (κ1) is 12.6. The van der Waals surface area contributed by atoms with Crippen LogP contribution in [0.25, 0.3) is 0 Å². The molecule has 1 N–H and O–H groups in total. The number of benzene rings is 1. The fourth-order valence-electron chi connectivity index (χ4n) is 2.01. The summed E-state index contributed by atoms with van der Waals surface area (Å²) in [5.41, 5.74) is 0. The fraction of sp³-hybridized carbons (Fsp3) is 0.267. The van der Waals surface area contributed by atoms with E-state index in [4.69, 9.17) is 13.9 Å². The van der Waals surface area contributed by atoms with Crippen LogP contribution in [-0.2, 0) is 0 Å². The van der Waals surface area contributed by atoms with Crippen LogP contribution in [0.5, 0.6) is 11.5 Å². The van der Waals surface area contributed by atoms with Gasteiger partial charge in [0, 0.05) is 0 Å². The van der Waals surface area contributed by atoms with Gasteiger partial charge in [-0.2, -0.15) is 0 Å². The molecule has 0 saturated carbocycles. The van der Waals surface area contributed by atoms with Gasteiger partial charge in [-0.1, -0.05) is 12.1 Å². The number of carbonyl (C=O) groups is 1. The first-order chi connectivity index (χ1) is 9.72. The normalized spacial score (nSPS) is 16.8. The molecule has 5 nitrogen and oxygen atoms in total. The van der Waals surface area contributed by atoms with Crippen molar-refractivity contribution >= 4 is 5.91 Å². The Balaban J connectivity index is 1.56. The van der Waals surface area contributed by atoms with Gasteiger partial charge in [0.05, 0.1) is 6.54 Å². The van der Waals surface area contributed by atoms with E-state index >= 15 is 0 Å². The third-order valence-electron chi connectivity index (χ3n) is 3.02. The molecule has 1 amide bonds. The molecule has 0 aliphatic carbocycles. The van der Waals surface area contributed by atoms with Crippen molar-refractivity contribution in [1.82, 2.24) is 5.32 Å². The summed E-state index contributed by atoms with van der Waals surface area (Å²) in [7, 11) is 0. The maximum absolute atomic E-state index is 11.8. The van der Waals surface area contributed by atoms with Crippen molar-refractivity contribution in [2.24, 2.45) is 0 Å². The lowest BCUT2D eigenvalue weighted by Gasteiger charge is -2.26. The van der Waals surface area contributed by atoms with Crippen molar-refractivity contribution < 1.29 is 18.7 Å². The molecular weight excluding hydrogens is 258 g/mol. The maximum Gasteiger partial charge on any atom is 0.287 e. The lowest BCUT2D eigenvalue weighted by Crippen LogP contribution is -2.40. The molecule has 20 heavy (non-hydrogen) atoms. The van der Waals surface area contributed by atoms with E-state index in [1.54, 1.807) is 19.1 Å². The van der Waals surface area contributed by atoms with E-state index in [0.717, 1.165) is 5.75 Å². The summed E-state index contributed by atoms with van der Waals surface area (Å²) in [4.78, 5) is 11.8. The number of ether oxygens (including phenoxy) is 2. The molecule has 0 bridgehead atoms. The van der Waals surface area contributed by atoms with Crippen LogP contribution in [0.4, 0.5) is 0 Å². The Morgan fingerprint density at radius 3 is 2.80 bits per heavy atom. The molecule has 1 aliphatic heterocycles. The number of amides is 1. The zero-order valence-electron chi connectivity index (χ0n) is 11.1. The average molecular weight is 273 g/mol. The number of rotatable bonds is 3. The van der Waals surface area contributed by atoms with Crippen molar-refractivity contribution in [3.63, 3.8) is 0 Å². The lowest BCUT2D eigenvalue weighted by atomic mass is 10.2. The molecule has 2 heterocycles.